The van der Waals surface area contributed by atoms with Crippen LogP contribution in [0.2, 0.25) is 0 Å². The van der Waals surface area contributed by atoms with Gasteiger partial charge in [-0.25, -0.2) is 0 Å². The van der Waals surface area contributed by atoms with Crippen molar-refractivity contribution < 1.29 is 39.1 Å². The number of hydrogen-bond acceptors (Lipinski definition) is 8. The summed E-state index contributed by atoms with van der Waals surface area (Å²) in [6.45, 7) is 8.22. The van der Waals surface area contributed by atoms with Crippen LogP contribution in [-0.4, -0.2) is 76.4 Å². The van der Waals surface area contributed by atoms with Crippen LogP contribution in [0.25, 0.3) is 0 Å². The van der Waals surface area contributed by atoms with Gasteiger partial charge >= 0.3 is 5.97 Å². The van der Waals surface area contributed by atoms with Gasteiger partial charge in [0.25, 0.3) is 0 Å². The first kappa shape index (κ1) is 29.7. The summed E-state index contributed by atoms with van der Waals surface area (Å²) in [7, 11) is 0. The molecule has 0 aromatic rings. The van der Waals surface area contributed by atoms with Gasteiger partial charge in [-0.1, -0.05) is 56.7 Å². The first-order valence-electron chi connectivity index (χ1n) is 15.0. The molecule has 5 aliphatic rings. The summed E-state index contributed by atoms with van der Waals surface area (Å²) in [4.78, 5) is 13.9. The summed E-state index contributed by atoms with van der Waals surface area (Å²) in [5.41, 5.74) is 0.223. The van der Waals surface area contributed by atoms with Gasteiger partial charge in [-0.05, 0) is 55.6 Å². The third-order valence-electron chi connectivity index (χ3n) is 9.55. The molecule has 2 bridgehead atoms. The second-order valence-electron chi connectivity index (χ2n) is 12.7. The number of rotatable bonds is 2. The van der Waals surface area contributed by atoms with Crippen LogP contribution in [0, 0.1) is 17.8 Å². The highest BCUT2D eigenvalue weighted by atomic mass is 16.7. The van der Waals surface area contributed by atoms with Crippen molar-refractivity contribution >= 4 is 5.97 Å². The number of carbonyl (C=O) groups excluding carboxylic acids is 1. The SMILES string of the molecule is CC[C@H]1O[C@]2(CC[C@@H]1C)C[C@@H]1C[C@@H](CC=C(C)C[C@@H](C)C=CC=C3CO[C@@H]4[C@H](O)C(CO)=C[C@@H](C(=O)O1)[C@]34O)O2. The van der Waals surface area contributed by atoms with E-state index in [0.717, 1.165) is 25.7 Å². The molecule has 4 heterocycles. The van der Waals surface area contributed by atoms with Crippen LogP contribution in [0.3, 0.4) is 0 Å². The Labute approximate surface area is 237 Å². The van der Waals surface area contributed by atoms with Crippen LogP contribution in [0.15, 0.2) is 47.1 Å². The number of aliphatic hydroxyl groups is 3. The van der Waals surface area contributed by atoms with Gasteiger partial charge in [0, 0.05) is 19.3 Å². The Balaban J connectivity index is 1.52. The van der Waals surface area contributed by atoms with Gasteiger partial charge in [0.2, 0.25) is 0 Å². The van der Waals surface area contributed by atoms with Gasteiger partial charge in [0.15, 0.2) is 5.79 Å². The van der Waals surface area contributed by atoms with Gasteiger partial charge in [-0.2, -0.15) is 0 Å². The number of carbonyl (C=O) groups is 1. The van der Waals surface area contributed by atoms with E-state index in [9.17, 15) is 20.1 Å². The number of aliphatic hydroxyl groups excluding tert-OH is 2. The lowest BCUT2D eigenvalue weighted by atomic mass is 9.70. The second-order valence-corrected chi connectivity index (χ2v) is 12.7. The number of ether oxygens (including phenoxy) is 4. The summed E-state index contributed by atoms with van der Waals surface area (Å²) in [5, 5.41) is 32.9. The zero-order chi connectivity index (χ0) is 28.7. The van der Waals surface area contributed by atoms with Crippen LogP contribution in [-0.2, 0) is 23.7 Å². The van der Waals surface area contributed by atoms with E-state index in [4.69, 9.17) is 18.9 Å². The Morgan fingerprint density at radius 3 is 2.73 bits per heavy atom. The first-order valence-corrected chi connectivity index (χ1v) is 15.0. The van der Waals surface area contributed by atoms with Crippen molar-refractivity contribution in [2.45, 2.75) is 115 Å². The molecule has 40 heavy (non-hydrogen) atoms. The molecule has 4 aliphatic heterocycles. The van der Waals surface area contributed by atoms with Crippen molar-refractivity contribution in [2.75, 3.05) is 13.2 Å². The maximum Gasteiger partial charge on any atom is 0.316 e. The average Bonchev–Trinajstić information content (AvgIpc) is 3.25. The zero-order valence-electron chi connectivity index (χ0n) is 24.3. The first-order chi connectivity index (χ1) is 19.1. The van der Waals surface area contributed by atoms with E-state index in [2.05, 4.69) is 39.8 Å². The Kier molecular flexibility index (Phi) is 8.77. The number of esters is 1. The van der Waals surface area contributed by atoms with E-state index in [0.29, 0.717) is 30.8 Å². The molecule has 10 atom stereocenters. The number of fused-ring (bicyclic) bond motifs is 2. The molecule has 3 fully saturated rings. The largest absolute Gasteiger partial charge is 0.462 e. The average molecular weight is 559 g/mol. The normalized spacial score (nSPS) is 44.4. The summed E-state index contributed by atoms with van der Waals surface area (Å²) < 4.78 is 25.3. The Morgan fingerprint density at radius 1 is 1.18 bits per heavy atom. The fourth-order valence-corrected chi connectivity index (χ4v) is 7.28. The molecule has 0 aromatic heterocycles. The van der Waals surface area contributed by atoms with E-state index >= 15 is 0 Å². The molecule has 1 aliphatic carbocycles. The zero-order valence-corrected chi connectivity index (χ0v) is 24.3. The van der Waals surface area contributed by atoms with E-state index in [1.54, 1.807) is 6.08 Å². The standard InChI is InChI=1S/C32H46O8/c1-5-27-21(4)11-12-31(40-27)16-25-15-24(39-31)10-9-20(3)13-19(2)7-6-8-23-18-37-29-28(34)22(17-33)14-26(30(35)38-25)32(23,29)36/h6-9,14,19,21,24-29,33-34,36H,5,10-13,15-18H2,1-4H3/t19-,21-,24+,25-,26-,27+,28+,29+,31+,32+/m0/s1. The van der Waals surface area contributed by atoms with Crippen molar-refractivity contribution in [1.82, 2.24) is 0 Å². The molecule has 0 radical (unpaired) electrons. The van der Waals surface area contributed by atoms with E-state index in [1.165, 1.54) is 11.6 Å². The van der Waals surface area contributed by atoms with Crippen LogP contribution in [0.4, 0.5) is 0 Å². The molecular formula is C32H46O8. The quantitative estimate of drug-likeness (QED) is 0.346. The van der Waals surface area contributed by atoms with Crippen LogP contribution in [0.5, 0.6) is 0 Å². The van der Waals surface area contributed by atoms with E-state index in [-0.39, 0.29) is 30.3 Å². The fraction of sp³-hybridized carbons (Fsp3) is 0.719. The van der Waals surface area contributed by atoms with Crippen molar-refractivity contribution in [2.24, 2.45) is 17.8 Å². The van der Waals surface area contributed by atoms with Gasteiger partial charge in [-0.15, -0.1) is 0 Å². The minimum atomic E-state index is -1.79. The molecule has 0 aromatic carbocycles. The Hall–Kier alpha value is -1.81. The van der Waals surface area contributed by atoms with E-state index in [1.807, 2.05) is 6.08 Å². The van der Waals surface area contributed by atoms with Crippen molar-refractivity contribution in [3.63, 3.8) is 0 Å². The van der Waals surface area contributed by atoms with Gasteiger partial charge < -0.3 is 34.3 Å². The highest BCUT2D eigenvalue weighted by Gasteiger charge is 2.60. The lowest BCUT2D eigenvalue weighted by Crippen LogP contribution is -2.58. The maximum atomic E-state index is 13.9. The summed E-state index contributed by atoms with van der Waals surface area (Å²) in [6.07, 6.45) is 11.7. The van der Waals surface area contributed by atoms with Crippen LogP contribution in [0.1, 0.15) is 72.6 Å². The van der Waals surface area contributed by atoms with Crippen molar-refractivity contribution in [3.8, 4) is 0 Å². The highest BCUT2D eigenvalue weighted by molar-refractivity contribution is 5.78. The van der Waals surface area contributed by atoms with Gasteiger partial charge in [-0.3, -0.25) is 4.79 Å². The lowest BCUT2D eigenvalue weighted by Gasteiger charge is -2.50. The Bertz CT molecular complexity index is 1080. The van der Waals surface area contributed by atoms with Crippen LogP contribution < -0.4 is 0 Å². The predicted octanol–water partition coefficient (Wildman–Crippen LogP) is 3.90. The van der Waals surface area contributed by atoms with E-state index < -0.39 is 48.2 Å². The van der Waals surface area contributed by atoms with Gasteiger partial charge in [0.05, 0.1) is 25.4 Å². The third-order valence-corrected chi connectivity index (χ3v) is 9.55. The summed E-state index contributed by atoms with van der Waals surface area (Å²) in [6, 6.07) is 0. The third kappa shape index (κ3) is 5.63. The van der Waals surface area contributed by atoms with Crippen molar-refractivity contribution in [1.29, 1.82) is 0 Å². The van der Waals surface area contributed by atoms with Gasteiger partial charge in [0.1, 0.15) is 29.8 Å². The van der Waals surface area contributed by atoms with Crippen molar-refractivity contribution in [3.05, 3.63) is 47.1 Å². The molecule has 3 N–H and O–H groups in total. The molecule has 222 valence electrons. The molecule has 0 amide bonds. The highest BCUT2D eigenvalue weighted by Crippen LogP contribution is 2.47. The molecular weight excluding hydrogens is 512 g/mol. The predicted molar refractivity (Wildman–Crippen MR) is 149 cm³/mol. The Morgan fingerprint density at radius 2 is 1.98 bits per heavy atom. The molecule has 0 saturated carbocycles. The topological polar surface area (TPSA) is 115 Å². The summed E-state index contributed by atoms with van der Waals surface area (Å²) >= 11 is 0. The minimum absolute atomic E-state index is 0.0685. The second kappa shape index (κ2) is 11.8. The minimum Gasteiger partial charge on any atom is -0.462 e. The smallest absolute Gasteiger partial charge is 0.316 e. The monoisotopic (exact) mass is 558 g/mol. The molecule has 8 nitrogen and oxygen atoms in total. The molecule has 8 heteroatoms. The summed E-state index contributed by atoms with van der Waals surface area (Å²) in [5.74, 6) is -1.87. The number of allylic oxidation sites excluding steroid dienone is 4. The molecule has 3 saturated heterocycles. The molecule has 5 rings (SSSR count). The fourth-order valence-electron chi connectivity index (χ4n) is 7.28. The van der Waals surface area contributed by atoms with Crippen LogP contribution >= 0.6 is 0 Å². The lowest BCUT2D eigenvalue weighted by molar-refractivity contribution is -0.335. The number of hydrogen-bond donors (Lipinski definition) is 3. The molecule has 1 spiro atoms. The molecule has 0 unspecified atom stereocenters. The maximum absolute atomic E-state index is 13.9.